The minimum atomic E-state index is -1.91. The molecule has 4 aromatic carbocycles. The van der Waals surface area contributed by atoms with Crippen LogP contribution in [0.25, 0.3) is 10.8 Å². The molecule has 3 aliphatic rings. The number of aliphatic imine (C=N–C) groups is 1. The van der Waals surface area contributed by atoms with E-state index < -0.39 is 41.1 Å². The smallest absolute Gasteiger partial charge is 0.338 e. The first-order valence-electron chi connectivity index (χ1n) is 14.2. The molecule has 0 bridgehead atoms. The molecular weight excluding hydrogens is 532 g/mol. The summed E-state index contributed by atoms with van der Waals surface area (Å²) in [5.41, 5.74) is 1.06. The molecule has 0 aromatic heterocycles. The summed E-state index contributed by atoms with van der Waals surface area (Å²) < 4.78 is 24.7. The first kappa shape index (κ1) is 26.2. The van der Waals surface area contributed by atoms with Crippen molar-refractivity contribution in [3.63, 3.8) is 0 Å². The number of benzene rings is 4. The van der Waals surface area contributed by atoms with Crippen LogP contribution in [0.5, 0.6) is 5.75 Å². The van der Waals surface area contributed by atoms with Gasteiger partial charge < -0.3 is 18.9 Å². The summed E-state index contributed by atoms with van der Waals surface area (Å²) in [6.45, 7) is 3.62. The van der Waals surface area contributed by atoms with Crippen molar-refractivity contribution in [2.24, 2.45) is 10.9 Å². The van der Waals surface area contributed by atoms with Gasteiger partial charge in [0.05, 0.1) is 30.4 Å². The van der Waals surface area contributed by atoms with Crippen molar-refractivity contribution in [1.82, 2.24) is 5.32 Å². The Kier molecular flexibility index (Phi) is 6.24. The summed E-state index contributed by atoms with van der Waals surface area (Å²) in [4.78, 5) is 33.1. The van der Waals surface area contributed by atoms with E-state index in [-0.39, 0.29) is 13.2 Å². The van der Waals surface area contributed by atoms with Crippen LogP contribution in [0.4, 0.5) is 5.69 Å². The lowest BCUT2D eigenvalue weighted by Gasteiger charge is -2.48. The number of para-hydroxylation sites is 2. The van der Waals surface area contributed by atoms with Gasteiger partial charge in [0.25, 0.3) is 5.79 Å². The summed E-state index contributed by atoms with van der Waals surface area (Å²) in [7, 11) is 0. The van der Waals surface area contributed by atoms with Gasteiger partial charge in [-0.25, -0.2) is 14.6 Å². The minimum absolute atomic E-state index is 0.0868. The molecule has 8 nitrogen and oxygen atoms in total. The topological polar surface area (TPSA) is 95.5 Å². The molecule has 212 valence electrons. The number of nitrogens with one attached hydrogen (secondary N) is 1. The van der Waals surface area contributed by atoms with E-state index in [1.807, 2.05) is 91.0 Å². The SMILES string of the molecule is CCOC(=O)C1(C(=O)OCC)N[C@@H]2c3ccccc3O[C@]3(OC=Nc4ccccc43)[C@@H]2[C@H]1c1cccc2ccccc12. The molecule has 0 amide bonds. The van der Waals surface area contributed by atoms with Gasteiger partial charge in [0, 0.05) is 17.5 Å². The summed E-state index contributed by atoms with van der Waals surface area (Å²) in [6.07, 6.45) is 1.39. The van der Waals surface area contributed by atoms with Crippen LogP contribution in [0.15, 0.2) is 96.0 Å². The monoisotopic (exact) mass is 562 g/mol. The number of rotatable bonds is 5. The number of esters is 2. The van der Waals surface area contributed by atoms with E-state index in [0.29, 0.717) is 17.0 Å². The van der Waals surface area contributed by atoms with Crippen molar-refractivity contribution in [2.45, 2.75) is 37.1 Å². The average molecular weight is 563 g/mol. The molecular formula is C34H30N2O6. The number of ether oxygens (including phenoxy) is 4. The van der Waals surface area contributed by atoms with E-state index in [1.165, 1.54) is 6.40 Å². The van der Waals surface area contributed by atoms with E-state index in [0.717, 1.165) is 21.9 Å². The second kappa shape index (κ2) is 9.99. The van der Waals surface area contributed by atoms with Gasteiger partial charge in [0.1, 0.15) is 5.75 Å². The summed E-state index contributed by atoms with van der Waals surface area (Å²) >= 11 is 0. The minimum Gasteiger partial charge on any atom is -0.464 e. The summed E-state index contributed by atoms with van der Waals surface area (Å²) in [6, 6.07) is 28.5. The fourth-order valence-electron chi connectivity index (χ4n) is 6.99. The maximum absolute atomic E-state index is 14.3. The largest absolute Gasteiger partial charge is 0.464 e. The first-order valence-corrected chi connectivity index (χ1v) is 14.2. The third-order valence-corrected chi connectivity index (χ3v) is 8.57. The Labute approximate surface area is 243 Å². The highest BCUT2D eigenvalue weighted by Gasteiger charge is 2.73. The molecule has 0 saturated carbocycles. The number of nitrogens with zero attached hydrogens (tertiary/aromatic N) is 1. The van der Waals surface area contributed by atoms with Gasteiger partial charge in [0.2, 0.25) is 5.54 Å². The Balaban J connectivity index is 1.59. The van der Waals surface area contributed by atoms with Crippen LogP contribution in [-0.4, -0.2) is 37.1 Å². The second-order valence-corrected chi connectivity index (χ2v) is 10.6. The van der Waals surface area contributed by atoms with Crippen molar-refractivity contribution in [3.05, 3.63) is 108 Å². The van der Waals surface area contributed by atoms with Crippen molar-refractivity contribution in [1.29, 1.82) is 0 Å². The maximum Gasteiger partial charge on any atom is 0.338 e. The van der Waals surface area contributed by atoms with Crippen LogP contribution in [0.1, 0.15) is 42.5 Å². The lowest BCUT2D eigenvalue weighted by molar-refractivity contribution is -0.192. The van der Waals surface area contributed by atoms with Crippen LogP contribution in [0.3, 0.4) is 0 Å². The van der Waals surface area contributed by atoms with E-state index in [1.54, 1.807) is 13.8 Å². The molecule has 0 radical (unpaired) electrons. The second-order valence-electron chi connectivity index (χ2n) is 10.6. The molecule has 3 heterocycles. The molecule has 1 fully saturated rings. The van der Waals surface area contributed by atoms with Gasteiger partial charge in [-0.3, -0.25) is 5.32 Å². The van der Waals surface area contributed by atoms with Crippen LogP contribution < -0.4 is 10.1 Å². The van der Waals surface area contributed by atoms with Crippen LogP contribution in [0, 0.1) is 5.92 Å². The van der Waals surface area contributed by atoms with Crippen molar-refractivity contribution in [3.8, 4) is 5.75 Å². The zero-order valence-corrected chi connectivity index (χ0v) is 23.3. The van der Waals surface area contributed by atoms with E-state index in [2.05, 4.69) is 10.3 Å². The first-order chi connectivity index (χ1) is 20.5. The van der Waals surface area contributed by atoms with Crippen LogP contribution in [-0.2, 0) is 29.6 Å². The Morgan fingerprint density at radius 1 is 0.833 bits per heavy atom. The van der Waals surface area contributed by atoms with Crippen molar-refractivity contribution < 1.29 is 28.5 Å². The Bertz CT molecular complexity index is 1710. The molecule has 4 aromatic rings. The highest BCUT2D eigenvalue weighted by atomic mass is 16.7. The van der Waals surface area contributed by atoms with E-state index in [4.69, 9.17) is 18.9 Å². The number of fused-ring (bicyclic) bond motifs is 7. The normalized spacial score (nSPS) is 24.6. The Hall–Kier alpha value is -4.69. The van der Waals surface area contributed by atoms with Crippen LogP contribution >= 0.6 is 0 Å². The Morgan fingerprint density at radius 2 is 1.50 bits per heavy atom. The molecule has 8 heteroatoms. The van der Waals surface area contributed by atoms with Gasteiger partial charge in [-0.1, -0.05) is 72.8 Å². The van der Waals surface area contributed by atoms with Gasteiger partial charge in [-0.2, -0.15) is 0 Å². The highest BCUT2D eigenvalue weighted by Crippen LogP contribution is 2.63. The molecule has 3 aliphatic heterocycles. The predicted octanol–water partition coefficient (Wildman–Crippen LogP) is 5.68. The van der Waals surface area contributed by atoms with Crippen LogP contribution in [0.2, 0.25) is 0 Å². The van der Waals surface area contributed by atoms with Gasteiger partial charge in [0.15, 0.2) is 6.40 Å². The van der Waals surface area contributed by atoms with Gasteiger partial charge in [-0.05, 0) is 48.4 Å². The molecule has 4 atom stereocenters. The van der Waals surface area contributed by atoms with E-state index >= 15 is 0 Å². The number of carbonyl (C=O) groups excluding carboxylic acids is 2. The predicted molar refractivity (Wildman–Crippen MR) is 156 cm³/mol. The average Bonchev–Trinajstić information content (AvgIpc) is 3.40. The fourth-order valence-corrected chi connectivity index (χ4v) is 6.99. The zero-order valence-electron chi connectivity index (χ0n) is 23.3. The van der Waals surface area contributed by atoms with Crippen molar-refractivity contribution >= 4 is 34.8 Å². The number of carbonyl (C=O) groups is 2. The molecule has 0 unspecified atom stereocenters. The third kappa shape index (κ3) is 3.61. The standard InChI is InChI=1S/C34H30N2O6/c1-3-39-31(37)33(32(38)40-4-2)28(23-16-11-13-21-12-5-6-14-22(21)23)29-30(36-33)24-15-7-10-19-27(24)42-34(29)25-17-8-9-18-26(25)35-20-41-34/h5-20,28-30,36H,3-4H2,1-2H3/t28-,29-,30-,34+/m1/s1. The third-order valence-electron chi connectivity index (χ3n) is 8.57. The highest BCUT2D eigenvalue weighted by molar-refractivity contribution is 6.08. The lowest BCUT2D eigenvalue weighted by atomic mass is 9.67. The molecule has 0 aliphatic carbocycles. The summed E-state index contributed by atoms with van der Waals surface area (Å²) in [5, 5.41) is 5.36. The molecule has 1 spiro atoms. The van der Waals surface area contributed by atoms with E-state index in [9.17, 15) is 9.59 Å². The lowest BCUT2D eigenvalue weighted by Crippen LogP contribution is -2.60. The zero-order chi connectivity index (χ0) is 28.9. The van der Waals surface area contributed by atoms with Gasteiger partial charge >= 0.3 is 11.9 Å². The molecule has 42 heavy (non-hydrogen) atoms. The summed E-state index contributed by atoms with van der Waals surface area (Å²) in [5.74, 6) is -3.74. The Morgan fingerprint density at radius 3 is 2.31 bits per heavy atom. The molecule has 1 saturated heterocycles. The van der Waals surface area contributed by atoms with Gasteiger partial charge in [-0.15, -0.1) is 0 Å². The fraction of sp³-hybridized carbons (Fsp3) is 0.265. The molecule has 7 rings (SSSR count). The molecule has 1 N–H and O–H groups in total. The number of hydrogen-bond donors (Lipinski definition) is 1. The van der Waals surface area contributed by atoms with Crippen molar-refractivity contribution in [2.75, 3.05) is 13.2 Å². The maximum atomic E-state index is 14.3. The quantitative estimate of drug-likeness (QED) is 0.247. The number of hydrogen-bond acceptors (Lipinski definition) is 8.